The lowest BCUT2D eigenvalue weighted by Gasteiger charge is -2.12. The van der Waals surface area contributed by atoms with Crippen molar-refractivity contribution in [2.24, 2.45) is 0 Å². The summed E-state index contributed by atoms with van der Waals surface area (Å²) >= 11 is 11.6. The molecule has 1 amide bonds. The van der Waals surface area contributed by atoms with Crippen LogP contribution in [0.5, 0.6) is 5.75 Å². The number of halogens is 2. The molecule has 0 heterocycles. The van der Waals surface area contributed by atoms with Crippen LogP contribution in [0, 0.1) is 0 Å². The van der Waals surface area contributed by atoms with Gasteiger partial charge < -0.3 is 9.64 Å². The predicted molar refractivity (Wildman–Crippen MR) is 60.7 cm³/mol. The molecule has 0 atom stereocenters. The number of benzene rings is 1. The van der Waals surface area contributed by atoms with E-state index in [1.54, 1.807) is 32.3 Å². The lowest BCUT2D eigenvalue weighted by atomic mass is 10.3. The zero-order valence-electron chi connectivity index (χ0n) is 8.46. The number of rotatable bonds is 3. The Labute approximate surface area is 98.5 Å². The first-order valence-electron chi connectivity index (χ1n) is 4.28. The average molecular weight is 248 g/mol. The maximum absolute atomic E-state index is 11.2. The molecular formula is C10H11Cl2NO2. The van der Waals surface area contributed by atoms with Crippen molar-refractivity contribution in [2.75, 3.05) is 20.7 Å². The number of ether oxygens (including phenoxy) is 1. The fraction of sp³-hybridized carbons (Fsp3) is 0.300. The summed E-state index contributed by atoms with van der Waals surface area (Å²) in [5.74, 6) is 0.283. The van der Waals surface area contributed by atoms with Crippen molar-refractivity contribution in [3.63, 3.8) is 0 Å². The van der Waals surface area contributed by atoms with Crippen LogP contribution in [0.25, 0.3) is 0 Å². The van der Waals surface area contributed by atoms with E-state index in [-0.39, 0.29) is 12.5 Å². The van der Waals surface area contributed by atoms with Crippen molar-refractivity contribution >= 4 is 29.1 Å². The number of amides is 1. The summed E-state index contributed by atoms with van der Waals surface area (Å²) in [6.07, 6.45) is 0. The minimum Gasteiger partial charge on any atom is -0.482 e. The van der Waals surface area contributed by atoms with Crippen molar-refractivity contribution in [2.45, 2.75) is 0 Å². The Morgan fingerprint density at radius 2 is 2.07 bits per heavy atom. The van der Waals surface area contributed by atoms with Gasteiger partial charge in [-0.2, -0.15) is 0 Å². The summed E-state index contributed by atoms with van der Waals surface area (Å²) in [5, 5.41) is 0.956. The van der Waals surface area contributed by atoms with Gasteiger partial charge >= 0.3 is 0 Å². The molecule has 0 radical (unpaired) electrons. The van der Waals surface area contributed by atoms with E-state index in [1.165, 1.54) is 4.90 Å². The molecule has 1 rings (SSSR count). The molecule has 0 aliphatic rings. The Morgan fingerprint density at radius 1 is 1.40 bits per heavy atom. The van der Waals surface area contributed by atoms with Gasteiger partial charge in [-0.1, -0.05) is 23.2 Å². The lowest BCUT2D eigenvalue weighted by Crippen LogP contribution is -2.27. The summed E-state index contributed by atoms with van der Waals surface area (Å²) in [4.78, 5) is 12.7. The Bertz CT molecular complexity index is 366. The summed E-state index contributed by atoms with van der Waals surface area (Å²) in [6.45, 7) is -0.0485. The molecule has 0 unspecified atom stereocenters. The van der Waals surface area contributed by atoms with Gasteiger partial charge in [0.05, 0.1) is 5.02 Å². The standard InChI is InChI=1S/C10H11Cl2NO2/c1-13(2)10(14)6-15-9-5-7(11)3-4-8(9)12/h3-5H,6H2,1-2H3. The van der Waals surface area contributed by atoms with Gasteiger partial charge in [-0.25, -0.2) is 0 Å². The fourth-order valence-corrected chi connectivity index (χ4v) is 1.19. The molecular weight excluding hydrogens is 237 g/mol. The third-order valence-corrected chi connectivity index (χ3v) is 2.29. The molecule has 0 aliphatic carbocycles. The van der Waals surface area contributed by atoms with Gasteiger partial charge in [-0.3, -0.25) is 4.79 Å². The molecule has 3 nitrogen and oxygen atoms in total. The molecule has 15 heavy (non-hydrogen) atoms. The van der Waals surface area contributed by atoms with Crippen LogP contribution in [0.4, 0.5) is 0 Å². The van der Waals surface area contributed by atoms with Gasteiger partial charge in [-0.05, 0) is 12.1 Å². The summed E-state index contributed by atoms with van der Waals surface area (Å²) in [5.41, 5.74) is 0. The molecule has 0 aromatic heterocycles. The highest BCUT2D eigenvalue weighted by molar-refractivity contribution is 6.34. The number of nitrogens with zero attached hydrogens (tertiary/aromatic N) is 1. The lowest BCUT2D eigenvalue weighted by molar-refractivity contribution is -0.130. The highest BCUT2D eigenvalue weighted by Crippen LogP contribution is 2.27. The van der Waals surface area contributed by atoms with E-state index in [1.807, 2.05) is 0 Å². The smallest absolute Gasteiger partial charge is 0.259 e. The van der Waals surface area contributed by atoms with Crippen molar-refractivity contribution < 1.29 is 9.53 Å². The number of hydrogen-bond acceptors (Lipinski definition) is 2. The number of hydrogen-bond donors (Lipinski definition) is 0. The first kappa shape index (κ1) is 12.1. The molecule has 82 valence electrons. The highest BCUT2D eigenvalue weighted by Gasteiger charge is 2.07. The highest BCUT2D eigenvalue weighted by atomic mass is 35.5. The molecule has 0 saturated heterocycles. The van der Waals surface area contributed by atoms with Crippen molar-refractivity contribution in [3.05, 3.63) is 28.2 Å². The second-order valence-corrected chi connectivity index (χ2v) is 4.00. The first-order chi connectivity index (χ1) is 7.00. The third-order valence-electron chi connectivity index (χ3n) is 1.74. The topological polar surface area (TPSA) is 29.5 Å². The Kier molecular flexibility index (Phi) is 4.24. The van der Waals surface area contributed by atoms with E-state index in [2.05, 4.69) is 0 Å². The molecule has 5 heteroatoms. The monoisotopic (exact) mass is 247 g/mol. The molecule has 0 aliphatic heterocycles. The van der Waals surface area contributed by atoms with Crippen LogP contribution in [-0.4, -0.2) is 31.5 Å². The average Bonchev–Trinajstić information content (AvgIpc) is 2.18. The van der Waals surface area contributed by atoms with Gasteiger partial charge in [-0.15, -0.1) is 0 Å². The SMILES string of the molecule is CN(C)C(=O)COc1cc(Cl)ccc1Cl. The molecule has 1 aromatic rings. The number of carbonyl (C=O) groups excluding carboxylic acids is 1. The van der Waals surface area contributed by atoms with Gasteiger partial charge in [0.15, 0.2) is 6.61 Å². The Hall–Kier alpha value is -0.930. The van der Waals surface area contributed by atoms with E-state index in [0.29, 0.717) is 15.8 Å². The molecule has 0 N–H and O–H groups in total. The van der Waals surface area contributed by atoms with Crippen molar-refractivity contribution in [3.8, 4) is 5.75 Å². The van der Waals surface area contributed by atoms with Crippen LogP contribution in [0.3, 0.4) is 0 Å². The van der Waals surface area contributed by atoms with Crippen LogP contribution in [0.1, 0.15) is 0 Å². The molecule has 0 bridgehead atoms. The zero-order valence-corrected chi connectivity index (χ0v) is 9.97. The van der Waals surface area contributed by atoms with E-state index >= 15 is 0 Å². The normalized spacial score (nSPS) is 9.87. The summed E-state index contributed by atoms with van der Waals surface area (Å²) in [6, 6.07) is 4.86. The van der Waals surface area contributed by atoms with E-state index in [0.717, 1.165) is 0 Å². The molecule has 0 fully saturated rings. The minimum atomic E-state index is -0.133. The Morgan fingerprint density at radius 3 is 2.67 bits per heavy atom. The van der Waals surface area contributed by atoms with Crippen LogP contribution < -0.4 is 4.74 Å². The predicted octanol–water partition coefficient (Wildman–Crippen LogP) is 2.46. The van der Waals surface area contributed by atoms with E-state index < -0.39 is 0 Å². The second-order valence-electron chi connectivity index (χ2n) is 3.15. The van der Waals surface area contributed by atoms with Crippen LogP contribution >= 0.6 is 23.2 Å². The number of likely N-dealkylation sites (N-methyl/N-ethyl adjacent to an activating group) is 1. The van der Waals surface area contributed by atoms with Gasteiger partial charge in [0.1, 0.15) is 5.75 Å². The second kappa shape index (κ2) is 5.24. The summed E-state index contributed by atoms with van der Waals surface area (Å²) in [7, 11) is 3.32. The van der Waals surface area contributed by atoms with Gasteiger partial charge in [0, 0.05) is 25.2 Å². The summed E-state index contributed by atoms with van der Waals surface area (Å²) < 4.78 is 5.23. The van der Waals surface area contributed by atoms with Crippen molar-refractivity contribution in [1.82, 2.24) is 4.90 Å². The first-order valence-corrected chi connectivity index (χ1v) is 5.04. The van der Waals surface area contributed by atoms with Gasteiger partial charge in [0.2, 0.25) is 0 Å². The molecule has 1 aromatic carbocycles. The van der Waals surface area contributed by atoms with Crippen LogP contribution in [0.15, 0.2) is 18.2 Å². The third kappa shape index (κ3) is 3.61. The maximum Gasteiger partial charge on any atom is 0.259 e. The van der Waals surface area contributed by atoms with Crippen molar-refractivity contribution in [1.29, 1.82) is 0 Å². The molecule has 0 saturated carbocycles. The maximum atomic E-state index is 11.2. The Balaban J connectivity index is 2.65. The van der Waals surface area contributed by atoms with E-state index in [4.69, 9.17) is 27.9 Å². The minimum absolute atomic E-state index is 0.0485. The molecule has 0 spiro atoms. The number of carbonyl (C=O) groups is 1. The van der Waals surface area contributed by atoms with Crippen LogP contribution in [-0.2, 0) is 4.79 Å². The quantitative estimate of drug-likeness (QED) is 0.822. The fourth-order valence-electron chi connectivity index (χ4n) is 0.856. The zero-order chi connectivity index (χ0) is 11.4. The largest absolute Gasteiger partial charge is 0.482 e. The van der Waals surface area contributed by atoms with Crippen LogP contribution in [0.2, 0.25) is 10.0 Å². The van der Waals surface area contributed by atoms with E-state index in [9.17, 15) is 4.79 Å². The van der Waals surface area contributed by atoms with Gasteiger partial charge in [0.25, 0.3) is 5.91 Å².